The molecule has 0 fully saturated rings. The van der Waals surface area contributed by atoms with Crippen LogP contribution >= 0.6 is 0 Å². The number of halogens is 2. The highest BCUT2D eigenvalue weighted by Crippen LogP contribution is 2.13. The predicted octanol–water partition coefficient (Wildman–Crippen LogP) is 2.18. The minimum absolute atomic E-state index is 0.00656. The van der Waals surface area contributed by atoms with E-state index in [1.165, 1.54) is 11.9 Å². The SMILES string of the molecule is CCS(=O)(=O)C[C@H](C)N(C)C(=O)CCc1cc(F)ccc1F. The number of hydrogen-bond acceptors (Lipinski definition) is 3. The first-order valence-corrected chi connectivity index (χ1v) is 8.88. The number of carbonyl (C=O) groups is 1. The van der Waals surface area contributed by atoms with Crippen molar-refractivity contribution < 1.29 is 22.0 Å². The third-order valence-electron chi connectivity index (χ3n) is 3.61. The van der Waals surface area contributed by atoms with Crippen LogP contribution in [0.1, 0.15) is 25.8 Å². The van der Waals surface area contributed by atoms with Crippen LogP contribution in [0, 0.1) is 11.6 Å². The molecule has 1 aromatic carbocycles. The maximum absolute atomic E-state index is 13.5. The van der Waals surface area contributed by atoms with Crippen molar-refractivity contribution in [3.63, 3.8) is 0 Å². The summed E-state index contributed by atoms with van der Waals surface area (Å²) in [6.45, 7) is 3.20. The number of benzene rings is 1. The third kappa shape index (κ3) is 5.36. The molecule has 124 valence electrons. The second-order valence-corrected chi connectivity index (χ2v) is 7.69. The monoisotopic (exact) mass is 333 g/mol. The Morgan fingerprint density at radius 3 is 2.55 bits per heavy atom. The molecule has 7 heteroatoms. The number of carbonyl (C=O) groups excluding carboxylic acids is 1. The van der Waals surface area contributed by atoms with Crippen LogP contribution in [-0.4, -0.2) is 43.8 Å². The van der Waals surface area contributed by atoms with Crippen LogP contribution in [0.5, 0.6) is 0 Å². The summed E-state index contributed by atoms with van der Waals surface area (Å²) in [4.78, 5) is 13.4. The molecular weight excluding hydrogens is 312 g/mol. The lowest BCUT2D eigenvalue weighted by atomic mass is 10.1. The quantitative estimate of drug-likeness (QED) is 0.768. The molecule has 1 atom stereocenters. The van der Waals surface area contributed by atoms with Crippen LogP contribution in [0.15, 0.2) is 18.2 Å². The number of aryl methyl sites for hydroxylation is 1. The highest BCUT2D eigenvalue weighted by molar-refractivity contribution is 7.91. The van der Waals surface area contributed by atoms with Crippen molar-refractivity contribution in [1.29, 1.82) is 0 Å². The molecule has 0 aromatic heterocycles. The van der Waals surface area contributed by atoms with Gasteiger partial charge in [-0.05, 0) is 37.1 Å². The van der Waals surface area contributed by atoms with Gasteiger partial charge in [0.25, 0.3) is 0 Å². The van der Waals surface area contributed by atoms with Crippen molar-refractivity contribution in [2.45, 2.75) is 32.7 Å². The van der Waals surface area contributed by atoms with E-state index in [-0.39, 0.29) is 35.8 Å². The van der Waals surface area contributed by atoms with Gasteiger partial charge in [0.15, 0.2) is 9.84 Å². The van der Waals surface area contributed by atoms with Gasteiger partial charge in [0.2, 0.25) is 5.91 Å². The summed E-state index contributed by atoms with van der Waals surface area (Å²) in [5.41, 5.74) is 0.135. The molecule has 4 nitrogen and oxygen atoms in total. The van der Waals surface area contributed by atoms with Crippen LogP contribution in [0.2, 0.25) is 0 Å². The minimum Gasteiger partial charge on any atom is -0.342 e. The zero-order chi connectivity index (χ0) is 16.9. The summed E-state index contributed by atoms with van der Waals surface area (Å²) < 4.78 is 49.7. The van der Waals surface area contributed by atoms with E-state index in [9.17, 15) is 22.0 Å². The van der Waals surface area contributed by atoms with Crippen LogP contribution in [-0.2, 0) is 21.1 Å². The van der Waals surface area contributed by atoms with E-state index in [0.29, 0.717) is 0 Å². The molecule has 0 aliphatic rings. The van der Waals surface area contributed by atoms with Gasteiger partial charge < -0.3 is 4.90 Å². The van der Waals surface area contributed by atoms with Gasteiger partial charge in [0, 0.05) is 25.3 Å². The fourth-order valence-electron chi connectivity index (χ4n) is 2.00. The lowest BCUT2D eigenvalue weighted by Crippen LogP contribution is -2.39. The van der Waals surface area contributed by atoms with Crippen molar-refractivity contribution in [1.82, 2.24) is 4.90 Å². The van der Waals surface area contributed by atoms with Crippen molar-refractivity contribution >= 4 is 15.7 Å². The Hall–Kier alpha value is -1.50. The largest absolute Gasteiger partial charge is 0.342 e. The number of amides is 1. The van der Waals surface area contributed by atoms with Crippen molar-refractivity contribution in [2.24, 2.45) is 0 Å². The van der Waals surface area contributed by atoms with E-state index in [1.54, 1.807) is 13.8 Å². The van der Waals surface area contributed by atoms with Crippen LogP contribution in [0.3, 0.4) is 0 Å². The van der Waals surface area contributed by atoms with Gasteiger partial charge in [-0.2, -0.15) is 0 Å². The van der Waals surface area contributed by atoms with Gasteiger partial charge >= 0.3 is 0 Å². The zero-order valence-electron chi connectivity index (χ0n) is 13.0. The molecule has 0 spiro atoms. The van der Waals surface area contributed by atoms with E-state index in [4.69, 9.17) is 0 Å². The maximum Gasteiger partial charge on any atom is 0.222 e. The molecule has 0 heterocycles. The zero-order valence-corrected chi connectivity index (χ0v) is 13.8. The topological polar surface area (TPSA) is 54.5 Å². The van der Waals surface area contributed by atoms with Gasteiger partial charge in [0.05, 0.1) is 5.75 Å². The third-order valence-corrected chi connectivity index (χ3v) is 5.48. The van der Waals surface area contributed by atoms with E-state index in [2.05, 4.69) is 0 Å². The normalized spacial score (nSPS) is 13.0. The summed E-state index contributed by atoms with van der Waals surface area (Å²) in [7, 11) is -1.67. The molecule has 0 radical (unpaired) electrons. The van der Waals surface area contributed by atoms with E-state index in [1.807, 2.05) is 0 Å². The molecule has 22 heavy (non-hydrogen) atoms. The van der Waals surface area contributed by atoms with E-state index in [0.717, 1.165) is 18.2 Å². The Bertz CT molecular complexity index is 632. The maximum atomic E-state index is 13.5. The van der Waals surface area contributed by atoms with Gasteiger partial charge in [-0.3, -0.25) is 4.79 Å². The molecule has 0 bridgehead atoms. The summed E-state index contributed by atoms with van der Waals surface area (Å²) in [6, 6.07) is 2.64. The fourth-order valence-corrected chi connectivity index (χ4v) is 3.19. The Balaban J connectivity index is 2.63. The fraction of sp³-hybridized carbons (Fsp3) is 0.533. The van der Waals surface area contributed by atoms with Crippen LogP contribution < -0.4 is 0 Å². The summed E-state index contributed by atoms with van der Waals surface area (Å²) in [6.07, 6.45) is 0.0629. The molecule has 1 aromatic rings. The number of rotatable bonds is 7. The molecule has 0 unspecified atom stereocenters. The Morgan fingerprint density at radius 2 is 1.95 bits per heavy atom. The van der Waals surface area contributed by atoms with Gasteiger partial charge in [-0.15, -0.1) is 0 Å². The standard InChI is InChI=1S/C15H21F2NO3S/c1-4-22(20,21)10-11(2)18(3)15(19)8-5-12-9-13(16)6-7-14(12)17/h6-7,9,11H,4-5,8,10H2,1-3H3/t11-/m0/s1. The first-order valence-electron chi connectivity index (χ1n) is 7.06. The highest BCUT2D eigenvalue weighted by Gasteiger charge is 2.21. The molecule has 0 saturated carbocycles. The van der Waals surface area contributed by atoms with Crippen molar-refractivity contribution in [2.75, 3.05) is 18.6 Å². The molecule has 1 rings (SSSR count). The van der Waals surface area contributed by atoms with Gasteiger partial charge in [0.1, 0.15) is 11.6 Å². The first-order chi connectivity index (χ1) is 10.2. The number of nitrogens with zero attached hydrogens (tertiary/aromatic N) is 1. The Morgan fingerprint density at radius 1 is 1.32 bits per heavy atom. The molecule has 0 aliphatic heterocycles. The average molecular weight is 333 g/mol. The summed E-state index contributed by atoms with van der Waals surface area (Å²) >= 11 is 0. The number of sulfone groups is 1. The molecular formula is C15H21F2NO3S. The Kier molecular flexibility index (Phi) is 6.47. The van der Waals surface area contributed by atoms with Crippen molar-refractivity contribution in [3.8, 4) is 0 Å². The first kappa shape index (κ1) is 18.5. The smallest absolute Gasteiger partial charge is 0.222 e. The van der Waals surface area contributed by atoms with E-state index >= 15 is 0 Å². The molecule has 0 aliphatic carbocycles. The van der Waals surface area contributed by atoms with Gasteiger partial charge in [-0.25, -0.2) is 17.2 Å². The summed E-state index contributed by atoms with van der Waals surface area (Å²) in [5, 5.41) is 0. The molecule has 0 N–H and O–H groups in total. The van der Waals surface area contributed by atoms with Crippen molar-refractivity contribution in [3.05, 3.63) is 35.4 Å². The second-order valence-electron chi connectivity index (χ2n) is 5.29. The molecule has 0 saturated heterocycles. The Labute approximate surface area is 130 Å². The predicted molar refractivity (Wildman–Crippen MR) is 81.2 cm³/mol. The minimum atomic E-state index is -3.18. The lowest BCUT2D eigenvalue weighted by molar-refractivity contribution is -0.131. The summed E-state index contributed by atoms with van der Waals surface area (Å²) in [5.74, 6) is -1.51. The highest BCUT2D eigenvalue weighted by atomic mass is 32.2. The van der Waals surface area contributed by atoms with Crippen LogP contribution in [0.25, 0.3) is 0 Å². The lowest BCUT2D eigenvalue weighted by Gasteiger charge is -2.24. The average Bonchev–Trinajstić information content (AvgIpc) is 2.46. The second kappa shape index (κ2) is 7.67. The molecule has 1 amide bonds. The van der Waals surface area contributed by atoms with Crippen LogP contribution in [0.4, 0.5) is 8.78 Å². The van der Waals surface area contributed by atoms with E-state index < -0.39 is 27.5 Å². The number of hydrogen-bond donors (Lipinski definition) is 0. The van der Waals surface area contributed by atoms with Gasteiger partial charge in [-0.1, -0.05) is 6.92 Å².